The number of hydrogen-bond acceptors (Lipinski definition) is 3. The molecule has 0 aliphatic carbocycles. The van der Waals surface area contributed by atoms with E-state index in [2.05, 4.69) is 10.6 Å². The van der Waals surface area contributed by atoms with Gasteiger partial charge >= 0.3 is 6.03 Å². The molecule has 3 rings (SSSR count). The molecule has 0 aromatic heterocycles. The Morgan fingerprint density at radius 3 is 2.54 bits per heavy atom. The Kier molecular flexibility index (Phi) is 5.35. The zero-order valence-corrected chi connectivity index (χ0v) is 14.3. The standard InChI is InChI=1S/C18H26N4O2/c1-14-5-4-6-15(13-14)20-18(24)22-11-9-21(10-12-22)17(23)16-7-2-3-8-19-16/h4-6,13,16,19H,2-3,7-12H2,1H3,(H,20,24). The third kappa shape index (κ3) is 4.06. The number of anilines is 1. The van der Waals surface area contributed by atoms with E-state index in [0.29, 0.717) is 26.2 Å². The lowest BCUT2D eigenvalue weighted by Crippen LogP contribution is -2.56. The number of piperazine rings is 1. The SMILES string of the molecule is Cc1cccc(NC(=O)N2CCN(C(=O)C3CCCCN3)CC2)c1. The highest BCUT2D eigenvalue weighted by molar-refractivity contribution is 5.89. The van der Waals surface area contributed by atoms with Gasteiger partial charge in [0.1, 0.15) is 0 Å². The average molecular weight is 330 g/mol. The number of aryl methyl sites for hydroxylation is 1. The second-order valence-electron chi connectivity index (χ2n) is 6.61. The van der Waals surface area contributed by atoms with Gasteiger partial charge in [-0.1, -0.05) is 18.6 Å². The fourth-order valence-electron chi connectivity index (χ4n) is 3.34. The van der Waals surface area contributed by atoms with Crippen molar-refractivity contribution >= 4 is 17.6 Å². The van der Waals surface area contributed by atoms with Gasteiger partial charge in [0.25, 0.3) is 0 Å². The molecule has 6 heteroatoms. The molecular formula is C18H26N4O2. The minimum absolute atomic E-state index is 0.0357. The van der Waals surface area contributed by atoms with E-state index in [9.17, 15) is 9.59 Å². The maximum atomic E-state index is 12.5. The molecule has 0 spiro atoms. The average Bonchev–Trinajstić information content (AvgIpc) is 2.62. The number of rotatable bonds is 2. The number of hydrogen-bond donors (Lipinski definition) is 2. The summed E-state index contributed by atoms with van der Waals surface area (Å²) in [6, 6.07) is 7.64. The molecule has 0 saturated carbocycles. The minimum Gasteiger partial charge on any atom is -0.338 e. The molecule has 2 heterocycles. The second kappa shape index (κ2) is 7.66. The van der Waals surface area contributed by atoms with Gasteiger partial charge in [-0.25, -0.2) is 4.79 Å². The molecule has 2 aliphatic rings. The van der Waals surface area contributed by atoms with Crippen LogP contribution in [0.1, 0.15) is 24.8 Å². The summed E-state index contributed by atoms with van der Waals surface area (Å²) in [4.78, 5) is 28.5. The number of carbonyl (C=O) groups excluding carboxylic acids is 2. The molecule has 2 aliphatic heterocycles. The van der Waals surface area contributed by atoms with Gasteiger partial charge in [-0.3, -0.25) is 4.79 Å². The Bertz CT molecular complexity index is 590. The Hall–Kier alpha value is -2.08. The maximum Gasteiger partial charge on any atom is 0.321 e. The summed E-state index contributed by atoms with van der Waals surface area (Å²) in [5, 5.41) is 6.24. The summed E-state index contributed by atoms with van der Waals surface area (Å²) in [6.07, 6.45) is 3.19. The molecular weight excluding hydrogens is 304 g/mol. The van der Waals surface area contributed by atoms with E-state index in [1.165, 1.54) is 0 Å². The van der Waals surface area contributed by atoms with Gasteiger partial charge in [-0.15, -0.1) is 0 Å². The Morgan fingerprint density at radius 2 is 1.88 bits per heavy atom. The molecule has 0 bridgehead atoms. The monoisotopic (exact) mass is 330 g/mol. The van der Waals surface area contributed by atoms with E-state index >= 15 is 0 Å². The van der Waals surface area contributed by atoms with Gasteiger partial charge in [0.05, 0.1) is 6.04 Å². The van der Waals surface area contributed by atoms with Crippen LogP contribution in [0.25, 0.3) is 0 Å². The molecule has 2 saturated heterocycles. The van der Waals surface area contributed by atoms with Crippen LogP contribution >= 0.6 is 0 Å². The highest BCUT2D eigenvalue weighted by Gasteiger charge is 2.29. The largest absolute Gasteiger partial charge is 0.338 e. The van der Waals surface area contributed by atoms with Gasteiger partial charge in [-0.2, -0.15) is 0 Å². The number of nitrogens with one attached hydrogen (secondary N) is 2. The zero-order valence-electron chi connectivity index (χ0n) is 14.3. The summed E-state index contributed by atoms with van der Waals surface area (Å²) >= 11 is 0. The van der Waals surface area contributed by atoms with Crippen molar-refractivity contribution in [2.24, 2.45) is 0 Å². The number of piperidine rings is 1. The van der Waals surface area contributed by atoms with Crippen LogP contribution in [-0.2, 0) is 4.79 Å². The molecule has 2 fully saturated rings. The third-order valence-electron chi connectivity index (χ3n) is 4.76. The lowest BCUT2D eigenvalue weighted by molar-refractivity contribution is -0.135. The number of amides is 3. The molecule has 0 radical (unpaired) electrons. The van der Waals surface area contributed by atoms with E-state index in [1.54, 1.807) is 4.90 Å². The predicted octanol–water partition coefficient (Wildman–Crippen LogP) is 1.81. The number of nitrogens with zero attached hydrogens (tertiary/aromatic N) is 2. The predicted molar refractivity (Wildman–Crippen MR) is 94.0 cm³/mol. The molecule has 1 aromatic rings. The summed E-state index contributed by atoms with van der Waals surface area (Å²) in [5.74, 6) is 0.188. The lowest BCUT2D eigenvalue weighted by Gasteiger charge is -2.37. The molecule has 1 aromatic carbocycles. The maximum absolute atomic E-state index is 12.5. The first-order chi connectivity index (χ1) is 11.6. The van der Waals surface area contributed by atoms with Crippen molar-refractivity contribution in [3.63, 3.8) is 0 Å². The van der Waals surface area contributed by atoms with Crippen LogP contribution in [-0.4, -0.2) is 60.5 Å². The van der Waals surface area contributed by atoms with Crippen molar-refractivity contribution < 1.29 is 9.59 Å². The normalized spacial score (nSPS) is 21.5. The van der Waals surface area contributed by atoms with E-state index in [0.717, 1.165) is 37.1 Å². The first-order valence-corrected chi connectivity index (χ1v) is 8.78. The first kappa shape index (κ1) is 16.8. The number of urea groups is 1. The Morgan fingerprint density at radius 1 is 1.12 bits per heavy atom. The van der Waals surface area contributed by atoms with Gasteiger partial charge in [0, 0.05) is 31.9 Å². The van der Waals surface area contributed by atoms with Crippen molar-refractivity contribution in [2.75, 3.05) is 38.0 Å². The quantitative estimate of drug-likeness (QED) is 0.869. The number of benzene rings is 1. The van der Waals surface area contributed by atoms with Gasteiger partial charge < -0.3 is 20.4 Å². The van der Waals surface area contributed by atoms with Crippen LogP contribution in [0, 0.1) is 6.92 Å². The zero-order chi connectivity index (χ0) is 16.9. The number of carbonyl (C=O) groups is 2. The van der Waals surface area contributed by atoms with E-state index in [1.807, 2.05) is 36.1 Å². The van der Waals surface area contributed by atoms with Crippen LogP contribution in [0.2, 0.25) is 0 Å². The van der Waals surface area contributed by atoms with Gasteiger partial charge in [0.15, 0.2) is 0 Å². The van der Waals surface area contributed by atoms with Crippen LogP contribution < -0.4 is 10.6 Å². The van der Waals surface area contributed by atoms with Crippen molar-refractivity contribution in [3.8, 4) is 0 Å². The Labute approximate surface area is 143 Å². The summed E-state index contributed by atoms with van der Waals surface area (Å²) in [5.41, 5.74) is 1.92. The van der Waals surface area contributed by atoms with E-state index in [4.69, 9.17) is 0 Å². The second-order valence-corrected chi connectivity index (χ2v) is 6.61. The fourth-order valence-corrected chi connectivity index (χ4v) is 3.34. The van der Waals surface area contributed by atoms with Crippen molar-refractivity contribution in [1.82, 2.24) is 15.1 Å². The Balaban J connectivity index is 1.49. The van der Waals surface area contributed by atoms with Crippen LogP contribution in [0.15, 0.2) is 24.3 Å². The summed E-state index contributed by atoms with van der Waals surface area (Å²) in [6.45, 7) is 5.30. The topological polar surface area (TPSA) is 64.7 Å². The first-order valence-electron chi connectivity index (χ1n) is 8.78. The smallest absolute Gasteiger partial charge is 0.321 e. The van der Waals surface area contributed by atoms with E-state index < -0.39 is 0 Å². The van der Waals surface area contributed by atoms with Gasteiger partial charge in [0.2, 0.25) is 5.91 Å². The fraction of sp³-hybridized carbons (Fsp3) is 0.556. The van der Waals surface area contributed by atoms with Crippen LogP contribution in [0.5, 0.6) is 0 Å². The molecule has 6 nitrogen and oxygen atoms in total. The highest BCUT2D eigenvalue weighted by atomic mass is 16.2. The van der Waals surface area contributed by atoms with Gasteiger partial charge in [-0.05, 0) is 44.0 Å². The molecule has 24 heavy (non-hydrogen) atoms. The van der Waals surface area contributed by atoms with Crippen molar-refractivity contribution in [3.05, 3.63) is 29.8 Å². The minimum atomic E-state index is -0.0940. The summed E-state index contributed by atoms with van der Waals surface area (Å²) < 4.78 is 0. The molecule has 3 amide bonds. The third-order valence-corrected chi connectivity index (χ3v) is 4.76. The molecule has 130 valence electrons. The van der Waals surface area contributed by atoms with Crippen molar-refractivity contribution in [2.45, 2.75) is 32.2 Å². The lowest BCUT2D eigenvalue weighted by atomic mass is 10.0. The summed E-state index contributed by atoms with van der Waals surface area (Å²) in [7, 11) is 0. The highest BCUT2D eigenvalue weighted by Crippen LogP contribution is 2.14. The van der Waals surface area contributed by atoms with Crippen molar-refractivity contribution in [1.29, 1.82) is 0 Å². The van der Waals surface area contributed by atoms with E-state index in [-0.39, 0.29) is 18.0 Å². The van der Waals surface area contributed by atoms with Crippen LogP contribution in [0.3, 0.4) is 0 Å². The molecule has 2 N–H and O–H groups in total. The molecule has 1 atom stereocenters. The molecule has 1 unspecified atom stereocenters. The van der Waals surface area contributed by atoms with Crippen LogP contribution in [0.4, 0.5) is 10.5 Å².